The van der Waals surface area contributed by atoms with Gasteiger partial charge >= 0.3 is 0 Å². The lowest BCUT2D eigenvalue weighted by Gasteiger charge is -2.31. The molecule has 2 aromatic heterocycles. The molecule has 4 rings (SSSR count). The molecule has 0 saturated carbocycles. The average molecular weight is 371 g/mol. The number of rotatable bonds is 3. The van der Waals surface area contributed by atoms with E-state index in [2.05, 4.69) is 20.4 Å². The second kappa shape index (κ2) is 6.63. The molecule has 138 valence electrons. The molecule has 0 spiro atoms. The first-order valence-corrected chi connectivity index (χ1v) is 8.64. The molecule has 0 aliphatic carbocycles. The minimum atomic E-state index is -0.601. The van der Waals surface area contributed by atoms with Gasteiger partial charge in [0.25, 0.3) is 5.91 Å². The van der Waals surface area contributed by atoms with Crippen LogP contribution < -0.4 is 11.1 Å². The van der Waals surface area contributed by atoms with Crippen molar-refractivity contribution in [3.63, 3.8) is 0 Å². The maximum Gasteiger partial charge on any atom is 0.274 e. The normalized spacial score (nSPS) is 17.9. The third-order valence-corrected chi connectivity index (χ3v) is 4.67. The lowest BCUT2D eigenvalue weighted by Crippen LogP contribution is -2.37. The Balaban J connectivity index is 1.59. The van der Waals surface area contributed by atoms with Gasteiger partial charge in [-0.1, -0.05) is 12.1 Å². The Bertz CT molecular complexity index is 1120. The lowest BCUT2D eigenvalue weighted by atomic mass is 9.91. The van der Waals surface area contributed by atoms with Crippen LogP contribution in [0, 0.1) is 11.3 Å². The predicted octanol–water partition coefficient (Wildman–Crippen LogP) is 2.04. The maximum absolute atomic E-state index is 12.4. The average Bonchev–Trinajstić information content (AvgIpc) is 3.17. The van der Waals surface area contributed by atoms with Crippen LogP contribution in [0.3, 0.4) is 0 Å². The molecule has 0 fully saturated rings. The monoisotopic (exact) mass is 371 g/mol. The van der Waals surface area contributed by atoms with Crippen molar-refractivity contribution < 1.29 is 4.79 Å². The first-order chi connectivity index (χ1) is 13.5. The minimum Gasteiger partial charge on any atom is -0.382 e. The zero-order valence-corrected chi connectivity index (χ0v) is 15.1. The van der Waals surface area contributed by atoms with Crippen molar-refractivity contribution in [2.75, 3.05) is 5.32 Å². The summed E-state index contributed by atoms with van der Waals surface area (Å²) in [5.74, 6) is 0.0790. The van der Waals surface area contributed by atoms with E-state index in [-0.39, 0.29) is 11.6 Å². The van der Waals surface area contributed by atoms with Gasteiger partial charge < -0.3 is 11.1 Å². The van der Waals surface area contributed by atoms with Crippen molar-refractivity contribution >= 4 is 17.4 Å². The van der Waals surface area contributed by atoms with E-state index in [1.807, 2.05) is 41.9 Å². The number of pyridine rings is 1. The molecule has 3 heterocycles. The van der Waals surface area contributed by atoms with E-state index in [4.69, 9.17) is 11.0 Å². The topological polar surface area (TPSA) is 122 Å². The van der Waals surface area contributed by atoms with Gasteiger partial charge in [0.15, 0.2) is 0 Å². The summed E-state index contributed by atoms with van der Waals surface area (Å²) in [6.07, 6.45) is 3.07. The summed E-state index contributed by atoms with van der Waals surface area (Å²) < 4.78 is 1.83. The molecule has 3 aromatic rings. The Morgan fingerprint density at radius 1 is 1.32 bits per heavy atom. The number of carbonyl (C=O) groups is 1. The lowest BCUT2D eigenvalue weighted by molar-refractivity contribution is 0.102. The summed E-state index contributed by atoms with van der Waals surface area (Å²) >= 11 is 0. The quantitative estimate of drug-likeness (QED) is 0.729. The number of benzene rings is 1. The van der Waals surface area contributed by atoms with Gasteiger partial charge in [0.05, 0.1) is 12.1 Å². The van der Waals surface area contributed by atoms with Crippen LogP contribution in [-0.4, -0.2) is 26.5 Å². The summed E-state index contributed by atoms with van der Waals surface area (Å²) in [7, 11) is 0. The number of amidine groups is 1. The van der Waals surface area contributed by atoms with E-state index in [1.165, 1.54) is 12.3 Å². The van der Waals surface area contributed by atoms with E-state index in [9.17, 15) is 4.79 Å². The summed E-state index contributed by atoms with van der Waals surface area (Å²) in [6, 6.07) is 14.3. The smallest absolute Gasteiger partial charge is 0.274 e. The molecule has 0 unspecified atom stereocenters. The van der Waals surface area contributed by atoms with E-state index in [0.717, 1.165) is 11.3 Å². The second-order valence-corrected chi connectivity index (χ2v) is 6.72. The summed E-state index contributed by atoms with van der Waals surface area (Å²) in [5, 5.41) is 16.0. The van der Waals surface area contributed by atoms with Gasteiger partial charge in [0.1, 0.15) is 28.8 Å². The highest BCUT2D eigenvalue weighted by Gasteiger charge is 2.32. The number of nitrogens with zero attached hydrogens (tertiary/aromatic N) is 5. The van der Waals surface area contributed by atoms with Crippen molar-refractivity contribution in [1.29, 1.82) is 5.26 Å². The van der Waals surface area contributed by atoms with E-state index in [0.29, 0.717) is 23.6 Å². The number of nitrogens with two attached hydrogens (primary N) is 1. The third kappa shape index (κ3) is 3.10. The zero-order chi connectivity index (χ0) is 19.7. The molecule has 0 radical (unpaired) electrons. The molecule has 1 aliphatic heterocycles. The highest BCUT2D eigenvalue weighted by atomic mass is 16.1. The van der Waals surface area contributed by atoms with Crippen LogP contribution in [0.4, 0.5) is 5.69 Å². The fraction of sp³-hybridized carbons (Fsp3) is 0.150. The standard InChI is InChI=1S/C20H17N7O/c1-20(12-27-17(7-8-24-27)18(22)26-20)14-3-2-4-15(9-14)25-19(28)16-6-5-13(10-21)11-23-16/h2-9,11H,12H2,1H3,(H2,22,26)(H,25,28)/t20-/m0/s1. The highest BCUT2D eigenvalue weighted by Crippen LogP contribution is 2.32. The van der Waals surface area contributed by atoms with Gasteiger partial charge in [0.2, 0.25) is 0 Å². The van der Waals surface area contributed by atoms with Crippen molar-refractivity contribution in [3.8, 4) is 6.07 Å². The van der Waals surface area contributed by atoms with Crippen molar-refractivity contribution in [1.82, 2.24) is 14.8 Å². The molecule has 1 atom stereocenters. The van der Waals surface area contributed by atoms with Gasteiger partial charge in [-0.3, -0.25) is 14.5 Å². The molecule has 1 aromatic carbocycles. The number of anilines is 1. The Kier molecular flexibility index (Phi) is 4.12. The van der Waals surface area contributed by atoms with Crippen LogP contribution in [0.15, 0.2) is 59.9 Å². The van der Waals surface area contributed by atoms with Gasteiger partial charge in [0, 0.05) is 18.1 Å². The molecule has 0 saturated heterocycles. The molecule has 1 amide bonds. The first kappa shape index (κ1) is 17.4. The van der Waals surface area contributed by atoms with Crippen molar-refractivity contribution in [2.24, 2.45) is 10.7 Å². The van der Waals surface area contributed by atoms with Crippen molar-refractivity contribution in [2.45, 2.75) is 19.0 Å². The number of hydrogen-bond acceptors (Lipinski definition) is 6. The molecule has 28 heavy (non-hydrogen) atoms. The summed E-state index contributed by atoms with van der Waals surface area (Å²) in [6.45, 7) is 2.53. The Morgan fingerprint density at radius 2 is 2.18 bits per heavy atom. The fourth-order valence-corrected chi connectivity index (χ4v) is 3.20. The van der Waals surface area contributed by atoms with Gasteiger partial charge in [-0.05, 0) is 42.8 Å². The Hall–Kier alpha value is -3.99. The van der Waals surface area contributed by atoms with Crippen molar-refractivity contribution in [3.05, 3.63) is 77.4 Å². The molecule has 3 N–H and O–H groups in total. The van der Waals surface area contributed by atoms with E-state index < -0.39 is 5.54 Å². The number of aliphatic imine (C=N–C) groups is 1. The molecule has 8 heteroatoms. The highest BCUT2D eigenvalue weighted by molar-refractivity contribution is 6.03. The molecular formula is C20H17N7O. The number of amides is 1. The molecule has 0 bridgehead atoms. The van der Waals surface area contributed by atoms with Crippen LogP contribution in [0.1, 0.15) is 34.2 Å². The fourth-order valence-electron chi connectivity index (χ4n) is 3.20. The number of aromatic nitrogens is 3. The minimum absolute atomic E-state index is 0.233. The molecular weight excluding hydrogens is 354 g/mol. The molecule has 8 nitrogen and oxygen atoms in total. The number of nitrogens with one attached hydrogen (secondary N) is 1. The third-order valence-electron chi connectivity index (χ3n) is 4.67. The van der Waals surface area contributed by atoms with Gasteiger partial charge in [-0.15, -0.1) is 0 Å². The number of fused-ring (bicyclic) bond motifs is 1. The first-order valence-electron chi connectivity index (χ1n) is 8.64. The van der Waals surface area contributed by atoms with Gasteiger partial charge in [-0.25, -0.2) is 4.98 Å². The second-order valence-electron chi connectivity index (χ2n) is 6.72. The van der Waals surface area contributed by atoms with Gasteiger partial charge in [-0.2, -0.15) is 10.4 Å². The SMILES string of the molecule is C[C@@]1(c2cccc(NC(=O)c3ccc(C#N)cn3)c2)Cn2nccc2C(N)=N1. The largest absolute Gasteiger partial charge is 0.382 e. The van der Waals surface area contributed by atoms with Crippen LogP contribution in [0.5, 0.6) is 0 Å². The Labute approximate surface area is 161 Å². The maximum atomic E-state index is 12.4. The van der Waals surface area contributed by atoms with Crippen LogP contribution in [0.2, 0.25) is 0 Å². The molecule has 1 aliphatic rings. The predicted molar refractivity (Wildman–Crippen MR) is 104 cm³/mol. The van der Waals surface area contributed by atoms with E-state index in [1.54, 1.807) is 18.3 Å². The summed E-state index contributed by atoms with van der Waals surface area (Å²) in [4.78, 5) is 21.1. The number of hydrogen-bond donors (Lipinski definition) is 2. The van der Waals surface area contributed by atoms with Crippen LogP contribution in [0.25, 0.3) is 0 Å². The van der Waals surface area contributed by atoms with E-state index >= 15 is 0 Å². The summed E-state index contributed by atoms with van der Waals surface area (Å²) in [5.41, 5.74) is 8.47. The zero-order valence-electron chi connectivity index (χ0n) is 15.1. The number of carbonyl (C=O) groups excluding carboxylic acids is 1. The Morgan fingerprint density at radius 3 is 2.93 bits per heavy atom. The van der Waals surface area contributed by atoms with Crippen LogP contribution >= 0.6 is 0 Å². The number of nitriles is 1. The van der Waals surface area contributed by atoms with Crippen LogP contribution in [-0.2, 0) is 12.1 Å².